The smallest absolute Gasteiger partial charge is 0.324 e. The number of nitrogens with one attached hydrogen (secondary N) is 2. The number of anilines is 1. The van der Waals surface area contributed by atoms with E-state index in [1.54, 1.807) is 0 Å². The standard InChI is InChI=1S/C19H27F3N4O.2ClH/c20-19(21,22)16-3-1-2-4-17(16)24-18(27)14-26-11-9-25(10-12-26)13-15-5-7-23-8-6-15;;/h1-4,15,23H,5-14H2,(H,24,27);2*1H. The van der Waals surface area contributed by atoms with Crippen LogP contribution in [0.3, 0.4) is 0 Å². The summed E-state index contributed by atoms with van der Waals surface area (Å²) in [7, 11) is 0. The molecule has 2 heterocycles. The van der Waals surface area contributed by atoms with Gasteiger partial charge in [-0.05, 0) is 44.0 Å². The van der Waals surface area contributed by atoms with Gasteiger partial charge in [-0.2, -0.15) is 13.2 Å². The maximum absolute atomic E-state index is 13.0. The van der Waals surface area contributed by atoms with E-state index in [9.17, 15) is 18.0 Å². The Labute approximate surface area is 182 Å². The van der Waals surface area contributed by atoms with E-state index in [1.165, 1.54) is 31.0 Å². The molecule has 2 fully saturated rings. The zero-order valence-corrected chi connectivity index (χ0v) is 17.8. The Balaban J connectivity index is 0.00000210. The van der Waals surface area contributed by atoms with Crippen molar-refractivity contribution in [3.8, 4) is 0 Å². The van der Waals surface area contributed by atoms with E-state index in [2.05, 4.69) is 15.5 Å². The lowest BCUT2D eigenvalue weighted by atomic mass is 9.97. The first-order chi connectivity index (χ1) is 12.9. The Hall–Kier alpha value is -1.06. The number of piperazine rings is 1. The van der Waals surface area contributed by atoms with Crippen molar-refractivity contribution in [1.82, 2.24) is 15.1 Å². The summed E-state index contributed by atoms with van der Waals surface area (Å²) in [5.74, 6) is 0.332. The summed E-state index contributed by atoms with van der Waals surface area (Å²) in [6, 6.07) is 5.08. The summed E-state index contributed by atoms with van der Waals surface area (Å²) in [4.78, 5) is 16.7. The van der Waals surface area contributed by atoms with Gasteiger partial charge >= 0.3 is 6.18 Å². The molecule has 10 heteroatoms. The summed E-state index contributed by atoms with van der Waals surface area (Å²) >= 11 is 0. The average Bonchev–Trinajstić information content (AvgIpc) is 2.64. The Bertz CT molecular complexity index is 634. The molecule has 1 amide bonds. The number of piperidine rings is 1. The van der Waals surface area contributed by atoms with Crippen LogP contribution in [-0.4, -0.2) is 68.1 Å². The second-order valence-corrected chi connectivity index (χ2v) is 7.36. The Morgan fingerprint density at radius 2 is 1.62 bits per heavy atom. The largest absolute Gasteiger partial charge is 0.418 e. The summed E-state index contributed by atoms with van der Waals surface area (Å²) < 4.78 is 39.1. The van der Waals surface area contributed by atoms with Gasteiger partial charge in [-0.3, -0.25) is 9.69 Å². The molecule has 0 spiro atoms. The SMILES string of the molecule is Cl.Cl.O=C(CN1CCN(CC2CCNCC2)CC1)Nc1ccccc1C(F)(F)F. The maximum atomic E-state index is 13.0. The molecule has 0 saturated carbocycles. The zero-order valence-electron chi connectivity index (χ0n) is 16.2. The highest BCUT2D eigenvalue weighted by Crippen LogP contribution is 2.34. The Morgan fingerprint density at radius 1 is 1.03 bits per heavy atom. The number of rotatable bonds is 5. The summed E-state index contributed by atoms with van der Waals surface area (Å²) in [6.07, 6.45) is -2.06. The molecule has 29 heavy (non-hydrogen) atoms. The maximum Gasteiger partial charge on any atom is 0.418 e. The number of hydrogen-bond donors (Lipinski definition) is 2. The van der Waals surface area contributed by atoms with Gasteiger partial charge in [0, 0.05) is 32.7 Å². The molecule has 0 radical (unpaired) electrons. The average molecular weight is 457 g/mol. The van der Waals surface area contributed by atoms with Gasteiger partial charge in [0.05, 0.1) is 17.8 Å². The number of benzene rings is 1. The summed E-state index contributed by atoms with van der Waals surface area (Å²) in [6.45, 7) is 6.72. The lowest BCUT2D eigenvalue weighted by Crippen LogP contribution is -2.50. The molecule has 1 aromatic carbocycles. The van der Waals surface area contributed by atoms with Crippen LogP contribution in [0.2, 0.25) is 0 Å². The minimum Gasteiger partial charge on any atom is -0.324 e. The van der Waals surface area contributed by atoms with Crippen molar-refractivity contribution in [2.75, 3.05) is 57.7 Å². The van der Waals surface area contributed by atoms with Crippen LogP contribution in [0.15, 0.2) is 24.3 Å². The van der Waals surface area contributed by atoms with Crippen molar-refractivity contribution >= 4 is 36.4 Å². The number of hydrogen-bond acceptors (Lipinski definition) is 4. The molecule has 2 aliphatic heterocycles. The van der Waals surface area contributed by atoms with E-state index >= 15 is 0 Å². The first kappa shape index (κ1) is 26.0. The third-order valence-corrected chi connectivity index (χ3v) is 5.31. The van der Waals surface area contributed by atoms with Crippen molar-refractivity contribution < 1.29 is 18.0 Å². The second-order valence-electron chi connectivity index (χ2n) is 7.36. The molecule has 166 valence electrons. The molecule has 2 aliphatic rings. The number of carbonyl (C=O) groups excluding carboxylic acids is 1. The van der Waals surface area contributed by atoms with Crippen molar-refractivity contribution in [2.24, 2.45) is 5.92 Å². The van der Waals surface area contributed by atoms with Crippen LogP contribution < -0.4 is 10.6 Å². The number of alkyl halides is 3. The highest BCUT2D eigenvalue weighted by molar-refractivity contribution is 5.93. The third kappa shape index (κ3) is 7.94. The van der Waals surface area contributed by atoms with Crippen LogP contribution in [-0.2, 0) is 11.0 Å². The third-order valence-electron chi connectivity index (χ3n) is 5.31. The Morgan fingerprint density at radius 3 is 2.24 bits per heavy atom. The molecule has 2 saturated heterocycles. The topological polar surface area (TPSA) is 47.6 Å². The molecule has 0 aliphatic carbocycles. The van der Waals surface area contributed by atoms with Crippen LogP contribution in [0.1, 0.15) is 18.4 Å². The Kier molecular flexibility index (Phi) is 10.7. The molecule has 2 N–H and O–H groups in total. The molecule has 5 nitrogen and oxygen atoms in total. The lowest BCUT2D eigenvalue weighted by molar-refractivity contribution is -0.137. The van der Waals surface area contributed by atoms with Gasteiger partial charge in [-0.15, -0.1) is 24.8 Å². The molecule has 1 aromatic rings. The number of carbonyl (C=O) groups is 1. The van der Waals surface area contributed by atoms with E-state index in [1.807, 2.05) is 4.90 Å². The van der Waals surface area contributed by atoms with Crippen LogP contribution in [0.4, 0.5) is 18.9 Å². The van der Waals surface area contributed by atoms with E-state index in [4.69, 9.17) is 0 Å². The molecule has 0 bridgehead atoms. The lowest BCUT2D eigenvalue weighted by Gasteiger charge is -2.37. The van der Waals surface area contributed by atoms with E-state index in [-0.39, 0.29) is 37.0 Å². The fraction of sp³-hybridized carbons (Fsp3) is 0.632. The second kappa shape index (κ2) is 12.0. The molecule has 3 rings (SSSR count). The fourth-order valence-corrected chi connectivity index (χ4v) is 3.79. The number of para-hydroxylation sites is 1. The van der Waals surface area contributed by atoms with E-state index in [0.717, 1.165) is 57.8 Å². The molecular formula is C19H29Cl2F3N4O. The van der Waals surface area contributed by atoms with Crippen molar-refractivity contribution in [2.45, 2.75) is 19.0 Å². The van der Waals surface area contributed by atoms with Gasteiger partial charge in [-0.25, -0.2) is 0 Å². The van der Waals surface area contributed by atoms with Crippen LogP contribution >= 0.6 is 24.8 Å². The van der Waals surface area contributed by atoms with E-state index < -0.39 is 17.6 Å². The monoisotopic (exact) mass is 456 g/mol. The quantitative estimate of drug-likeness (QED) is 0.714. The first-order valence-corrected chi connectivity index (χ1v) is 9.53. The van der Waals surface area contributed by atoms with Gasteiger partial charge < -0.3 is 15.5 Å². The van der Waals surface area contributed by atoms with Gasteiger partial charge in [0.2, 0.25) is 5.91 Å². The van der Waals surface area contributed by atoms with Crippen LogP contribution in [0.25, 0.3) is 0 Å². The number of nitrogens with zero attached hydrogens (tertiary/aromatic N) is 2. The predicted octanol–water partition coefficient (Wildman–Crippen LogP) is 3.10. The van der Waals surface area contributed by atoms with Crippen LogP contribution in [0.5, 0.6) is 0 Å². The zero-order chi connectivity index (χ0) is 19.3. The fourth-order valence-electron chi connectivity index (χ4n) is 3.79. The highest BCUT2D eigenvalue weighted by atomic mass is 35.5. The van der Waals surface area contributed by atoms with Crippen molar-refractivity contribution in [3.05, 3.63) is 29.8 Å². The molecule has 0 atom stereocenters. The van der Waals surface area contributed by atoms with Crippen molar-refractivity contribution in [3.63, 3.8) is 0 Å². The minimum absolute atomic E-state index is 0. The van der Waals surface area contributed by atoms with Gasteiger partial charge in [-0.1, -0.05) is 12.1 Å². The highest BCUT2D eigenvalue weighted by Gasteiger charge is 2.33. The van der Waals surface area contributed by atoms with Gasteiger partial charge in [0.1, 0.15) is 0 Å². The number of halogens is 5. The molecule has 0 aromatic heterocycles. The summed E-state index contributed by atoms with van der Waals surface area (Å²) in [5.41, 5.74) is -0.996. The first-order valence-electron chi connectivity index (χ1n) is 9.53. The van der Waals surface area contributed by atoms with Crippen molar-refractivity contribution in [1.29, 1.82) is 0 Å². The predicted molar refractivity (Wildman–Crippen MR) is 113 cm³/mol. The summed E-state index contributed by atoms with van der Waals surface area (Å²) in [5, 5.41) is 5.79. The molecular weight excluding hydrogens is 428 g/mol. The van der Waals surface area contributed by atoms with Gasteiger partial charge in [0.15, 0.2) is 0 Å². The number of amides is 1. The van der Waals surface area contributed by atoms with E-state index in [0.29, 0.717) is 0 Å². The normalized spacial score (nSPS) is 19.1. The van der Waals surface area contributed by atoms with Gasteiger partial charge in [0.25, 0.3) is 0 Å². The van der Waals surface area contributed by atoms with Crippen LogP contribution in [0, 0.1) is 5.92 Å². The molecule has 0 unspecified atom stereocenters. The minimum atomic E-state index is -4.48.